The van der Waals surface area contributed by atoms with E-state index in [4.69, 9.17) is 16.3 Å². The first-order valence-corrected chi connectivity index (χ1v) is 15.7. The molecule has 0 bridgehead atoms. The number of nitrogens with zero attached hydrogens (tertiary/aromatic N) is 2. The number of benzene rings is 2. The lowest BCUT2D eigenvalue weighted by atomic mass is 10.1. The van der Waals surface area contributed by atoms with Crippen molar-refractivity contribution in [2.45, 2.75) is 77.4 Å². The number of anilines is 1. The van der Waals surface area contributed by atoms with Crippen molar-refractivity contribution < 1.29 is 22.7 Å². The zero-order valence-corrected chi connectivity index (χ0v) is 24.9. The number of carbonyl (C=O) groups excluding carboxylic acids is 2. The van der Waals surface area contributed by atoms with Gasteiger partial charge in [0.1, 0.15) is 11.8 Å². The molecule has 3 rings (SSSR count). The molecule has 1 fully saturated rings. The molecule has 0 aliphatic heterocycles. The van der Waals surface area contributed by atoms with Crippen molar-refractivity contribution in [1.29, 1.82) is 0 Å². The first-order valence-electron chi connectivity index (χ1n) is 13.5. The molecule has 1 N–H and O–H groups in total. The van der Waals surface area contributed by atoms with E-state index < -0.39 is 16.1 Å². The van der Waals surface area contributed by atoms with Crippen LogP contribution in [-0.2, 0) is 26.2 Å². The van der Waals surface area contributed by atoms with Gasteiger partial charge in [-0.05, 0) is 68.0 Å². The van der Waals surface area contributed by atoms with Gasteiger partial charge < -0.3 is 15.0 Å². The summed E-state index contributed by atoms with van der Waals surface area (Å²) in [5.41, 5.74) is 2.14. The Hall–Kier alpha value is -2.78. The first-order chi connectivity index (χ1) is 18.5. The number of aryl methyl sites for hydroxylation is 1. The van der Waals surface area contributed by atoms with Crippen LogP contribution in [0.25, 0.3) is 0 Å². The highest BCUT2D eigenvalue weighted by molar-refractivity contribution is 7.92. The fourth-order valence-electron chi connectivity index (χ4n) is 5.05. The second kappa shape index (κ2) is 14.0. The third kappa shape index (κ3) is 8.60. The van der Waals surface area contributed by atoms with E-state index in [2.05, 4.69) is 5.32 Å². The van der Waals surface area contributed by atoms with Gasteiger partial charge in [0.05, 0.1) is 19.1 Å². The molecule has 0 aromatic heterocycles. The quantitative estimate of drug-likeness (QED) is 0.358. The topological polar surface area (TPSA) is 96.0 Å². The van der Waals surface area contributed by atoms with Crippen LogP contribution in [0.15, 0.2) is 42.5 Å². The van der Waals surface area contributed by atoms with Crippen LogP contribution in [0.1, 0.15) is 63.0 Å². The van der Waals surface area contributed by atoms with Crippen LogP contribution < -0.4 is 14.4 Å². The van der Waals surface area contributed by atoms with Gasteiger partial charge in [-0.25, -0.2) is 8.42 Å². The number of sulfonamides is 1. The number of amides is 2. The zero-order valence-electron chi connectivity index (χ0n) is 23.3. The molecule has 0 spiro atoms. The molecule has 39 heavy (non-hydrogen) atoms. The summed E-state index contributed by atoms with van der Waals surface area (Å²) >= 11 is 6.15. The van der Waals surface area contributed by atoms with Crippen molar-refractivity contribution >= 4 is 39.1 Å². The lowest BCUT2D eigenvalue weighted by molar-refractivity contribution is -0.141. The van der Waals surface area contributed by atoms with E-state index in [-0.39, 0.29) is 43.8 Å². The van der Waals surface area contributed by atoms with E-state index in [9.17, 15) is 18.0 Å². The first kappa shape index (κ1) is 30.8. The molecular weight excluding hydrogens is 538 g/mol. The summed E-state index contributed by atoms with van der Waals surface area (Å²) in [5.74, 6) is 0.369. The Labute approximate surface area is 237 Å². The van der Waals surface area contributed by atoms with Gasteiger partial charge in [0.2, 0.25) is 21.8 Å². The third-order valence-corrected chi connectivity index (χ3v) is 8.61. The van der Waals surface area contributed by atoms with Gasteiger partial charge in [-0.3, -0.25) is 13.9 Å². The van der Waals surface area contributed by atoms with Gasteiger partial charge >= 0.3 is 0 Å². The van der Waals surface area contributed by atoms with E-state index in [0.717, 1.165) is 43.1 Å². The molecule has 8 nitrogen and oxygen atoms in total. The summed E-state index contributed by atoms with van der Waals surface area (Å²) in [7, 11) is -2.01. The number of halogens is 1. The fraction of sp³-hybridized carbons (Fsp3) is 0.517. The normalized spacial score (nSPS) is 14.6. The molecule has 1 aliphatic rings. The van der Waals surface area contributed by atoms with Crippen molar-refractivity contribution in [1.82, 2.24) is 10.2 Å². The lowest BCUT2D eigenvalue weighted by Crippen LogP contribution is -2.51. The molecule has 1 aliphatic carbocycles. The zero-order chi connectivity index (χ0) is 28.6. The van der Waals surface area contributed by atoms with Gasteiger partial charge in [-0.1, -0.05) is 49.6 Å². The van der Waals surface area contributed by atoms with Crippen molar-refractivity contribution in [2.75, 3.05) is 24.2 Å². The Morgan fingerprint density at radius 3 is 2.38 bits per heavy atom. The molecule has 2 aromatic rings. The average Bonchev–Trinajstić information content (AvgIpc) is 3.40. The summed E-state index contributed by atoms with van der Waals surface area (Å²) < 4.78 is 31.8. The molecule has 214 valence electrons. The van der Waals surface area contributed by atoms with Crippen molar-refractivity contribution in [3.05, 3.63) is 58.6 Å². The van der Waals surface area contributed by atoms with Gasteiger partial charge in [0.15, 0.2) is 0 Å². The highest BCUT2D eigenvalue weighted by Gasteiger charge is 2.31. The Bertz CT molecular complexity index is 1230. The van der Waals surface area contributed by atoms with Crippen LogP contribution in [0.5, 0.6) is 5.75 Å². The second-order valence-electron chi connectivity index (χ2n) is 10.2. The SMILES string of the molecule is CC[C@@H](C(=O)NC1CCCC1)N(Cc1ccc(OC)cc1)C(=O)CCCN(c1cc(Cl)ccc1C)S(C)(=O)=O. The van der Waals surface area contributed by atoms with Crippen molar-refractivity contribution in [2.24, 2.45) is 0 Å². The number of methoxy groups -OCH3 is 1. The van der Waals surface area contributed by atoms with Gasteiger partial charge in [-0.15, -0.1) is 0 Å². The molecule has 0 radical (unpaired) electrons. The molecule has 2 aromatic carbocycles. The smallest absolute Gasteiger partial charge is 0.243 e. The largest absolute Gasteiger partial charge is 0.497 e. The van der Waals surface area contributed by atoms with Crippen molar-refractivity contribution in [3.63, 3.8) is 0 Å². The molecular formula is C29H40ClN3O5S. The minimum atomic E-state index is -3.60. The van der Waals surface area contributed by atoms with Crippen LogP contribution in [0, 0.1) is 6.92 Å². The van der Waals surface area contributed by atoms with Gasteiger partial charge in [0.25, 0.3) is 0 Å². The summed E-state index contributed by atoms with van der Waals surface area (Å²) in [5, 5.41) is 3.58. The second-order valence-corrected chi connectivity index (χ2v) is 12.5. The van der Waals surface area contributed by atoms with E-state index in [1.54, 1.807) is 30.2 Å². The summed E-state index contributed by atoms with van der Waals surface area (Å²) in [4.78, 5) is 28.6. The maximum Gasteiger partial charge on any atom is 0.243 e. The number of hydrogen-bond acceptors (Lipinski definition) is 5. The summed E-state index contributed by atoms with van der Waals surface area (Å²) in [6.07, 6.45) is 6.10. The Morgan fingerprint density at radius 1 is 1.13 bits per heavy atom. The molecule has 0 saturated heterocycles. The summed E-state index contributed by atoms with van der Waals surface area (Å²) in [6.45, 7) is 4.11. The number of nitrogens with one attached hydrogen (secondary N) is 1. The Morgan fingerprint density at radius 2 is 1.79 bits per heavy atom. The number of hydrogen-bond donors (Lipinski definition) is 1. The monoisotopic (exact) mass is 577 g/mol. The predicted molar refractivity (Wildman–Crippen MR) is 156 cm³/mol. The van der Waals surface area contributed by atoms with Crippen LogP contribution in [0.3, 0.4) is 0 Å². The van der Waals surface area contributed by atoms with Gasteiger partial charge in [0, 0.05) is 30.6 Å². The van der Waals surface area contributed by atoms with Crippen LogP contribution in [-0.4, -0.2) is 57.1 Å². The number of ether oxygens (including phenoxy) is 1. The van der Waals surface area contributed by atoms with E-state index in [0.29, 0.717) is 22.9 Å². The molecule has 1 saturated carbocycles. The molecule has 10 heteroatoms. The maximum atomic E-state index is 13.6. The maximum absolute atomic E-state index is 13.6. The third-order valence-electron chi connectivity index (χ3n) is 7.19. The number of carbonyl (C=O) groups is 2. The van der Waals surface area contributed by atoms with E-state index >= 15 is 0 Å². The summed E-state index contributed by atoms with van der Waals surface area (Å²) in [6, 6.07) is 12.0. The Balaban J connectivity index is 1.78. The standard InChI is InChI=1S/C29H40ClN3O5S/c1-5-26(29(35)31-24-9-6-7-10-24)32(20-22-13-16-25(38-3)17-14-22)28(34)11-8-18-33(39(4,36)37)27-19-23(30)15-12-21(27)2/h12-17,19,24,26H,5-11,18,20H2,1-4H3,(H,31,35)/t26-/m0/s1. The van der Waals surface area contributed by atoms with Crippen LogP contribution >= 0.6 is 11.6 Å². The van der Waals surface area contributed by atoms with E-state index in [1.807, 2.05) is 38.1 Å². The van der Waals surface area contributed by atoms with Crippen molar-refractivity contribution in [3.8, 4) is 5.75 Å². The minimum Gasteiger partial charge on any atom is -0.497 e. The molecule has 0 unspecified atom stereocenters. The average molecular weight is 578 g/mol. The van der Waals surface area contributed by atoms with Gasteiger partial charge in [-0.2, -0.15) is 0 Å². The van der Waals surface area contributed by atoms with E-state index in [1.165, 1.54) is 4.31 Å². The highest BCUT2D eigenvalue weighted by atomic mass is 35.5. The molecule has 2 amide bonds. The lowest BCUT2D eigenvalue weighted by Gasteiger charge is -2.32. The predicted octanol–water partition coefficient (Wildman–Crippen LogP) is 5.07. The van der Waals surface area contributed by atoms with Crippen LogP contribution in [0.2, 0.25) is 5.02 Å². The Kier molecular flexibility index (Phi) is 11.1. The molecule has 1 atom stereocenters. The number of rotatable bonds is 13. The molecule has 0 heterocycles. The highest BCUT2D eigenvalue weighted by Crippen LogP contribution is 2.27. The fourth-order valence-corrected chi connectivity index (χ4v) is 6.23. The minimum absolute atomic E-state index is 0.0923. The van der Waals surface area contributed by atoms with Crippen LogP contribution in [0.4, 0.5) is 5.69 Å².